The van der Waals surface area contributed by atoms with E-state index in [4.69, 9.17) is 0 Å². The maximum absolute atomic E-state index is 12.5. The van der Waals surface area contributed by atoms with E-state index in [0.29, 0.717) is 18.6 Å². The number of hydrogen-bond donors (Lipinski definition) is 1. The Balaban J connectivity index is 1.37. The minimum absolute atomic E-state index is 0.0209. The predicted octanol–water partition coefficient (Wildman–Crippen LogP) is 5.08. The number of anilines is 1. The maximum atomic E-state index is 12.5. The lowest BCUT2D eigenvalue weighted by atomic mass is 10.1. The van der Waals surface area contributed by atoms with Crippen LogP contribution in [0.1, 0.15) is 34.5 Å². The van der Waals surface area contributed by atoms with Crippen molar-refractivity contribution in [2.75, 3.05) is 5.32 Å². The Kier molecular flexibility index (Phi) is 6.04. The summed E-state index contributed by atoms with van der Waals surface area (Å²) >= 11 is 1.74. The maximum Gasteiger partial charge on any atom is 0.252 e. The van der Waals surface area contributed by atoms with Gasteiger partial charge in [-0.1, -0.05) is 23.9 Å². The summed E-state index contributed by atoms with van der Waals surface area (Å²) in [4.78, 5) is 23.5. The molecule has 2 heterocycles. The molecule has 2 aromatic carbocycles. The minimum atomic E-state index is -0.0209. The van der Waals surface area contributed by atoms with Crippen LogP contribution in [0.3, 0.4) is 0 Å². The third-order valence-corrected chi connectivity index (χ3v) is 6.47. The number of nitrogens with one attached hydrogen (secondary N) is 1. The molecule has 0 atom stereocenters. The van der Waals surface area contributed by atoms with Crippen LogP contribution >= 0.6 is 11.8 Å². The van der Waals surface area contributed by atoms with Crippen molar-refractivity contribution < 1.29 is 4.79 Å². The molecule has 2 aromatic heterocycles. The van der Waals surface area contributed by atoms with E-state index in [1.54, 1.807) is 16.3 Å². The highest BCUT2D eigenvalue weighted by Gasteiger charge is 2.13. The first-order valence-electron chi connectivity index (χ1n) is 10.2. The van der Waals surface area contributed by atoms with Crippen molar-refractivity contribution >= 4 is 29.1 Å². The fourth-order valence-electron chi connectivity index (χ4n) is 3.53. The molecule has 0 bridgehead atoms. The van der Waals surface area contributed by atoms with Crippen LogP contribution in [0.25, 0.3) is 5.78 Å². The number of rotatable bonds is 6. The Morgan fingerprint density at radius 1 is 1.06 bits per heavy atom. The van der Waals surface area contributed by atoms with Gasteiger partial charge in [0.05, 0.1) is 0 Å². The second-order valence-electron chi connectivity index (χ2n) is 7.68. The zero-order chi connectivity index (χ0) is 22.0. The summed E-state index contributed by atoms with van der Waals surface area (Å²) in [5.41, 5.74) is 6.21. The van der Waals surface area contributed by atoms with Crippen LogP contribution in [0.4, 0.5) is 5.69 Å². The molecular weight excluding hydrogens is 406 g/mol. The molecule has 31 heavy (non-hydrogen) atoms. The molecule has 0 aliphatic rings. The van der Waals surface area contributed by atoms with E-state index >= 15 is 0 Å². The van der Waals surface area contributed by atoms with Crippen molar-refractivity contribution in [3.8, 4) is 0 Å². The molecule has 0 saturated carbocycles. The van der Waals surface area contributed by atoms with Crippen LogP contribution in [0.15, 0.2) is 58.6 Å². The Morgan fingerprint density at radius 3 is 2.61 bits per heavy atom. The first-order chi connectivity index (χ1) is 14.9. The van der Waals surface area contributed by atoms with Crippen molar-refractivity contribution in [2.45, 2.75) is 50.3 Å². The van der Waals surface area contributed by atoms with Crippen LogP contribution in [-0.4, -0.2) is 25.5 Å². The van der Waals surface area contributed by atoms with Crippen molar-refractivity contribution in [2.24, 2.45) is 0 Å². The van der Waals surface area contributed by atoms with E-state index in [0.717, 1.165) is 27.5 Å². The molecule has 0 spiro atoms. The van der Waals surface area contributed by atoms with Crippen molar-refractivity contribution in [3.63, 3.8) is 0 Å². The van der Waals surface area contributed by atoms with Crippen LogP contribution in [0.5, 0.6) is 0 Å². The van der Waals surface area contributed by atoms with E-state index < -0.39 is 0 Å². The first-order valence-corrected chi connectivity index (χ1v) is 11.0. The number of carbonyl (C=O) groups excluding carboxylic acids is 1. The molecule has 7 heteroatoms. The lowest BCUT2D eigenvalue weighted by molar-refractivity contribution is -0.116. The van der Waals surface area contributed by atoms with Crippen molar-refractivity contribution in [1.29, 1.82) is 0 Å². The van der Waals surface area contributed by atoms with Gasteiger partial charge in [0, 0.05) is 33.3 Å². The van der Waals surface area contributed by atoms with Crippen molar-refractivity contribution in [3.05, 3.63) is 76.9 Å². The van der Waals surface area contributed by atoms with Gasteiger partial charge >= 0.3 is 0 Å². The highest BCUT2D eigenvalue weighted by atomic mass is 32.2. The van der Waals surface area contributed by atoms with Gasteiger partial charge in [-0.05, 0) is 81.1 Å². The number of carbonyl (C=O) groups is 1. The molecule has 0 aliphatic carbocycles. The van der Waals surface area contributed by atoms with Gasteiger partial charge in [0.25, 0.3) is 5.78 Å². The van der Waals surface area contributed by atoms with Gasteiger partial charge in [-0.3, -0.25) is 4.79 Å². The molecule has 1 N–H and O–H groups in total. The van der Waals surface area contributed by atoms with Crippen LogP contribution in [-0.2, 0) is 11.2 Å². The third-order valence-electron chi connectivity index (χ3n) is 5.30. The first kappa shape index (κ1) is 21.1. The monoisotopic (exact) mass is 431 g/mol. The summed E-state index contributed by atoms with van der Waals surface area (Å²) in [5.74, 6) is 0.564. The smallest absolute Gasteiger partial charge is 0.252 e. The molecule has 0 radical (unpaired) electrons. The quantitative estimate of drug-likeness (QED) is 0.461. The summed E-state index contributed by atoms with van der Waals surface area (Å²) in [6.07, 6.45) is 2.48. The molecular formula is C24H25N5OS. The Morgan fingerprint density at radius 2 is 1.84 bits per heavy atom. The van der Waals surface area contributed by atoms with E-state index in [1.165, 1.54) is 22.3 Å². The van der Waals surface area contributed by atoms with E-state index in [-0.39, 0.29) is 5.91 Å². The SMILES string of the molecule is Cc1ccc(C)c(Sc2ccc(NC(=O)CCc3c(C)nc4ncnn4c3C)cc2)c1. The average molecular weight is 432 g/mol. The third kappa shape index (κ3) is 4.77. The molecule has 1 amide bonds. The summed E-state index contributed by atoms with van der Waals surface area (Å²) in [6.45, 7) is 8.15. The van der Waals surface area contributed by atoms with Gasteiger partial charge in [-0.2, -0.15) is 10.1 Å². The number of hydrogen-bond acceptors (Lipinski definition) is 5. The van der Waals surface area contributed by atoms with Gasteiger partial charge in [0.15, 0.2) is 0 Å². The lowest BCUT2D eigenvalue weighted by Crippen LogP contribution is -2.14. The number of benzene rings is 2. The highest BCUT2D eigenvalue weighted by molar-refractivity contribution is 7.99. The summed E-state index contributed by atoms with van der Waals surface area (Å²) < 4.78 is 1.71. The number of fused-ring (bicyclic) bond motifs is 1. The molecule has 158 valence electrons. The van der Waals surface area contributed by atoms with Gasteiger partial charge in [-0.15, -0.1) is 0 Å². The number of aryl methyl sites for hydroxylation is 4. The van der Waals surface area contributed by atoms with Crippen molar-refractivity contribution in [1.82, 2.24) is 19.6 Å². The molecule has 4 rings (SSSR count). The topological polar surface area (TPSA) is 72.2 Å². The Labute approximate surface area is 186 Å². The van der Waals surface area contributed by atoms with Gasteiger partial charge in [0.1, 0.15) is 6.33 Å². The zero-order valence-electron chi connectivity index (χ0n) is 18.1. The molecule has 4 aromatic rings. The minimum Gasteiger partial charge on any atom is -0.326 e. The largest absolute Gasteiger partial charge is 0.326 e. The molecule has 0 fully saturated rings. The van der Waals surface area contributed by atoms with E-state index in [2.05, 4.69) is 52.4 Å². The van der Waals surface area contributed by atoms with Gasteiger partial charge < -0.3 is 5.32 Å². The Bertz CT molecular complexity index is 1250. The standard InChI is InChI=1S/C24H25N5OS/c1-15-5-6-16(2)22(13-15)31-20-9-7-19(8-10-20)28-23(30)12-11-21-17(3)27-24-25-14-26-29(24)18(21)4/h5-10,13-14H,11-12H2,1-4H3,(H,28,30). The lowest BCUT2D eigenvalue weighted by Gasteiger charge is -2.11. The number of amides is 1. The van der Waals surface area contributed by atoms with E-state index in [1.807, 2.05) is 38.1 Å². The fourth-order valence-corrected chi connectivity index (χ4v) is 4.53. The van der Waals surface area contributed by atoms with E-state index in [9.17, 15) is 4.79 Å². The fraction of sp³-hybridized carbons (Fsp3) is 0.250. The van der Waals surface area contributed by atoms with Gasteiger partial charge in [0.2, 0.25) is 5.91 Å². The van der Waals surface area contributed by atoms with Crippen LogP contribution in [0.2, 0.25) is 0 Å². The summed E-state index contributed by atoms with van der Waals surface area (Å²) in [5, 5.41) is 7.20. The normalized spacial score (nSPS) is 11.1. The van der Waals surface area contributed by atoms with Crippen LogP contribution in [0, 0.1) is 27.7 Å². The average Bonchev–Trinajstić information content (AvgIpc) is 3.20. The molecule has 0 aliphatic heterocycles. The predicted molar refractivity (Wildman–Crippen MR) is 124 cm³/mol. The van der Waals surface area contributed by atoms with Crippen LogP contribution < -0.4 is 5.32 Å². The molecule has 6 nitrogen and oxygen atoms in total. The molecule has 0 unspecified atom stereocenters. The zero-order valence-corrected chi connectivity index (χ0v) is 19.0. The second-order valence-corrected chi connectivity index (χ2v) is 8.79. The Hall–Kier alpha value is -3.19. The highest BCUT2D eigenvalue weighted by Crippen LogP contribution is 2.31. The summed E-state index contributed by atoms with van der Waals surface area (Å²) in [7, 11) is 0. The summed E-state index contributed by atoms with van der Waals surface area (Å²) in [6, 6.07) is 14.5. The second kappa shape index (κ2) is 8.89. The number of nitrogens with zero attached hydrogens (tertiary/aromatic N) is 4. The number of aromatic nitrogens is 4. The van der Waals surface area contributed by atoms with Gasteiger partial charge in [-0.25, -0.2) is 9.50 Å². The molecule has 0 saturated heterocycles.